The van der Waals surface area contributed by atoms with Gasteiger partial charge in [-0.3, -0.25) is 4.79 Å². The Morgan fingerprint density at radius 3 is 2.44 bits per heavy atom. The van der Waals surface area contributed by atoms with Crippen molar-refractivity contribution in [3.63, 3.8) is 0 Å². The summed E-state index contributed by atoms with van der Waals surface area (Å²) in [4.78, 5) is 13.9. The zero-order valence-corrected chi connectivity index (χ0v) is 12.5. The summed E-state index contributed by atoms with van der Waals surface area (Å²) in [5.41, 5.74) is 0.505. The predicted octanol–water partition coefficient (Wildman–Crippen LogP) is 2.70. The van der Waals surface area contributed by atoms with Gasteiger partial charge in [-0.15, -0.1) is 0 Å². The second kappa shape index (κ2) is 4.52. The molecule has 0 aromatic rings. The third-order valence-corrected chi connectivity index (χ3v) is 5.75. The molecule has 0 N–H and O–H groups in total. The Balaban J connectivity index is 1.94. The van der Waals surface area contributed by atoms with Crippen molar-refractivity contribution in [1.29, 1.82) is 0 Å². The summed E-state index contributed by atoms with van der Waals surface area (Å²) >= 11 is 0. The molecule has 0 saturated heterocycles. The van der Waals surface area contributed by atoms with Crippen molar-refractivity contribution in [3.05, 3.63) is 0 Å². The molecule has 104 valence electrons. The summed E-state index contributed by atoms with van der Waals surface area (Å²) in [6, 6.07) is 0. The summed E-state index contributed by atoms with van der Waals surface area (Å²) in [5.74, 6) is 0.701. The van der Waals surface area contributed by atoms with Gasteiger partial charge in [-0.25, -0.2) is 0 Å². The zero-order chi connectivity index (χ0) is 13.6. The molecule has 0 amide bonds. The van der Waals surface area contributed by atoms with Crippen LogP contribution in [0.25, 0.3) is 0 Å². The van der Waals surface area contributed by atoms with Crippen molar-refractivity contribution < 1.29 is 9.53 Å². The van der Waals surface area contributed by atoms with Crippen molar-refractivity contribution in [1.82, 2.24) is 4.90 Å². The van der Waals surface area contributed by atoms with E-state index in [0.717, 1.165) is 18.9 Å². The van der Waals surface area contributed by atoms with E-state index in [1.807, 2.05) is 19.0 Å². The van der Waals surface area contributed by atoms with E-state index in [4.69, 9.17) is 4.74 Å². The Morgan fingerprint density at radius 1 is 1.33 bits per heavy atom. The van der Waals surface area contributed by atoms with E-state index < -0.39 is 0 Å². The van der Waals surface area contributed by atoms with Crippen molar-refractivity contribution in [3.8, 4) is 0 Å². The number of carbonyl (C=O) groups is 1. The minimum atomic E-state index is -0.0294. The van der Waals surface area contributed by atoms with E-state index in [9.17, 15) is 4.79 Å². The Kier molecular flexibility index (Phi) is 3.48. The van der Waals surface area contributed by atoms with Crippen LogP contribution >= 0.6 is 0 Å². The maximum absolute atomic E-state index is 11.9. The van der Waals surface area contributed by atoms with E-state index in [1.165, 1.54) is 12.8 Å². The van der Waals surface area contributed by atoms with Gasteiger partial charge in [0, 0.05) is 12.0 Å². The second-order valence-corrected chi connectivity index (χ2v) is 7.14. The van der Waals surface area contributed by atoms with Gasteiger partial charge < -0.3 is 9.64 Å². The van der Waals surface area contributed by atoms with Gasteiger partial charge >= 0.3 is 5.97 Å². The average molecular weight is 253 g/mol. The van der Waals surface area contributed by atoms with Crippen LogP contribution in [0.4, 0.5) is 0 Å². The smallest absolute Gasteiger partial charge is 0.307 e. The van der Waals surface area contributed by atoms with Gasteiger partial charge in [0.2, 0.25) is 0 Å². The number of fused-ring (bicyclic) bond motifs is 2. The Morgan fingerprint density at radius 2 is 2.00 bits per heavy atom. The first kappa shape index (κ1) is 13.9. The molecule has 2 bridgehead atoms. The number of esters is 1. The Labute approximate surface area is 111 Å². The highest BCUT2D eigenvalue weighted by Gasteiger charge is 2.62. The first-order chi connectivity index (χ1) is 8.27. The van der Waals surface area contributed by atoms with E-state index >= 15 is 0 Å². The molecule has 3 heteroatoms. The molecule has 0 aromatic carbocycles. The topological polar surface area (TPSA) is 29.5 Å². The van der Waals surface area contributed by atoms with Crippen LogP contribution in [0.3, 0.4) is 0 Å². The number of nitrogens with zero attached hydrogens (tertiary/aromatic N) is 1. The third-order valence-electron chi connectivity index (χ3n) is 5.75. The second-order valence-electron chi connectivity index (χ2n) is 7.14. The maximum Gasteiger partial charge on any atom is 0.307 e. The van der Waals surface area contributed by atoms with Gasteiger partial charge in [-0.05, 0) is 44.7 Å². The zero-order valence-electron chi connectivity index (χ0n) is 12.5. The fourth-order valence-electron chi connectivity index (χ4n) is 3.84. The van der Waals surface area contributed by atoms with Crippen molar-refractivity contribution in [2.24, 2.45) is 16.7 Å². The standard InChI is InChI=1S/C15H27NO2/c1-14(2)11-6-8-15(14,3)12(10-11)18-13(17)7-9-16(4)5/h11-12H,6-10H2,1-5H3/t11-,12+,15+/m0/s1. The third kappa shape index (κ3) is 2.07. The van der Waals surface area contributed by atoms with Crippen LogP contribution in [0.5, 0.6) is 0 Å². The van der Waals surface area contributed by atoms with Gasteiger partial charge in [0.15, 0.2) is 0 Å². The molecular formula is C15H27NO2. The lowest BCUT2D eigenvalue weighted by molar-refractivity contribution is -0.157. The molecule has 0 spiro atoms. The summed E-state index contributed by atoms with van der Waals surface area (Å²) in [5, 5.41) is 0. The minimum absolute atomic E-state index is 0.0294. The first-order valence-electron chi connectivity index (χ1n) is 7.11. The van der Waals surface area contributed by atoms with Crippen LogP contribution in [-0.2, 0) is 9.53 Å². The summed E-state index contributed by atoms with van der Waals surface area (Å²) in [6.45, 7) is 7.77. The van der Waals surface area contributed by atoms with E-state index in [2.05, 4.69) is 20.8 Å². The normalized spacial score (nSPS) is 37.2. The van der Waals surface area contributed by atoms with Gasteiger partial charge in [-0.1, -0.05) is 20.8 Å². The van der Waals surface area contributed by atoms with Crippen LogP contribution in [-0.4, -0.2) is 37.6 Å². The summed E-state index contributed by atoms with van der Waals surface area (Å²) in [6.07, 6.45) is 4.22. The van der Waals surface area contributed by atoms with E-state index in [0.29, 0.717) is 11.8 Å². The molecule has 3 nitrogen and oxygen atoms in total. The summed E-state index contributed by atoms with van der Waals surface area (Å²) in [7, 11) is 3.96. The lowest BCUT2D eigenvalue weighted by atomic mass is 9.70. The Hall–Kier alpha value is -0.570. The van der Waals surface area contributed by atoms with Gasteiger partial charge in [0.25, 0.3) is 0 Å². The predicted molar refractivity (Wildman–Crippen MR) is 72.3 cm³/mol. The largest absolute Gasteiger partial charge is 0.462 e. The van der Waals surface area contributed by atoms with Crippen LogP contribution in [0.2, 0.25) is 0 Å². The molecule has 2 aliphatic rings. The maximum atomic E-state index is 11.9. The highest BCUT2D eigenvalue weighted by Crippen LogP contribution is 2.66. The molecule has 0 aliphatic heterocycles. The fraction of sp³-hybridized carbons (Fsp3) is 0.933. The SMILES string of the molecule is CN(C)CCC(=O)O[C@@H]1C[C@@H]2CC[C@@]1(C)C2(C)C. The van der Waals surface area contributed by atoms with Crippen molar-refractivity contribution in [2.75, 3.05) is 20.6 Å². The molecule has 2 rings (SSSR count). The highest BCUT2D eigenvalue weighted by atomic mass is 16.5. The molecular weight excluding hydrogens is 226 g/mol. The molecule has 2 saturated carbocycles. The molecule has 0 heterocycles. The van der Waals surface area contributed by atoms with Crippen LogP contribution in [0.1, 0.15) is 46.5 Å². The monoisotopic (exact) mass is 253 g/mol. The molecule has 0 radical (unpaired) electrons. The van der Waals surface area contributed by atoms with Crippen molar-refractivity contribution in [2.45, 2.75) is 52.6 Å². The first-order valence-corrected chi connectivity index (χ1v) is 7.11. The quantitative estimate of drug-likeness (QED) is 0.721. The number of hydrogen-bond donors (Lipinski definition) is 0. The number of carbonyl (C=O) groups excluding carboxylic acids is 1. The van der Waals surface area contributed by atoms with Crippen molar-refractivity contribution >= 4 is 5.97 Å². The molecule has 2 fully saturated rings. The molecule has 3 atom stereocenters. The number of ether oxygens (including phenoxy) is 1. The fourth-order valence-corrected chi connectivity index (χ4v) is 3.84. The molecule has 18 heavy (non-hydrogen) atoms. The van der Waals surface area contributed by atoms with Crippen LogP contribution in [0, 0.1) is 16.7 Å². The minimum Gasteiger partial charge on any atom is -0.462 e. The lowest BCUT2D eigenvalue weighted by Crippen LogP contribution is -2.38. The number of hydrogen-bond acceptors (Lipinski definition) is 3. The number of rotatable bonds is 4. The highest BCUT2D eigenvalue weighted by molar-refractivity contribution is 5.70. The van der Waals surface area contributed by atoms with E-state index in [-0.39, 0.29) is 17.5 Å². The van der Waals surface area contributed by atoms with Gasteiger partial charge in [0.1, 0.15) is 6.10 Å². The molecule has 2 aliphatic carbocycles. The molecule has 0 aromatic heterocycles. The molecule has 0 unspecified atom stereocenters. The lowest BCUT2D eigenvalue weighted by Gasteiger charge is -2.38. The van der Waals surface area contributed by atoms with Gasteiger partial charge in [0.05, 0.1) is 6.42 Å². The van der Waals surface area contributed by atoms with Crippen LogP contribution < -0.4 is 0 Å². The summed E-state index contributed by atoms with van der Waals surface area (Å²) < 4.78 is 5.77. The van der Waals surface area contributed by atoms with E-state index in [1.54, 1.807) is 0 Å². The Bertz CT molecular complexity index is 337. The van der Waals surface area contributed by atoms with Gasteiger partial charge in [-0.2, -0.15) is 0 Å². The average Bonchev–Trinajstić information content (AvgIpc) is 2.59. The van der Waals surface area contributed by atoms with Crippen LogP contribution in [0.15, 0.2) is 0 Å².